The molecule has 1 unspecified atom stereocenters. The number of aromatic nitrogens is 2. The van der Waals surface area contributed by atoms with Gasteiger partial charge in [-0.3, -0.25) is 4.79 Å². The molecule has 1 saturated heterocycles. The zero-order chi connectivity index (χ0) is 25.4. The Hall–Kier alpha value is -3.60. The number of hydrogen-bond acceptors (Lipinski definition) is 3. The first-order valence-electron chi connectivity index (χ1n) is 12.9. The predicted molar refractivity (Wildman–Crippen MR) is 146 cm³/mol. The summed E-state index contributed by atoms with van der Waals surface area (Å²) in [6.07, 6.45) is 0.465. The van der Waals surface area contributed by atoms with E-state index in [2.05, 4.69) is 81.7 Å². The maximum absolute atomic E-state index is 13.1. The van der Waals surface area contributed by atoms with E-state index in [0.29, 0.717) is 32.0 Å². The van der Waals surface area contributed by atoms with E-state index in [1.807, 2.05) is 23.1 Å². The number of carbonyl (C=O) groups is 1. The molecule has 0 N–H and O–H groups in total. The van der Waals surface area contributed by atoms with Crippen LogP contribution in [0.2, 0.25) is 0 Å². The standard InChI is InChI=1S/C31H35N3O2/c1-20(2)25-13-11-22(4)17-29(25)36-15-14-33-27-9-7-6-8-26(27)32-31(33)24-18-30(35)34(19-24)28-16-21(3)10-12-23(28)5/h6-13,16-17,20,24H,14-15,18-19H2,1-5H3. The number of carbonyl (C=O) groups excluding carboxylic acids is 1. The van der Waals surface area contributed by atoms with Crippen LogP contribution in [0.25, 0.3) is 11.0 Å². The van der Waals surface area contributed by atoms with Gasteiger partial charge < -0.3 is 14.2 Å². The lowest BCUT2D eigenvalue weighted by molar-refractivity contribution is -0.117. The highest BCUT2D eigenvalue weighted by atomic mass is 16.5. The molecule has 1 fully saturated rings. The summed E-state index contributed by atoms with van der Waals surface area (Å²) in [5.74, 6) is 2.51. The number of anilines is 1. The maximum Gasteiger partial charge on any atom is 0.227 e. The Labute approximate surface area is 213 Å². The molecule has 5 heteroatoms. The van der Waals surface area contributed by atoms with Crippen LogP contribution in [-0.4, -0.2) is 28.6 Å². The van der Waals surface area contributed by atoms with Crippen molar-refractivity contribution in [2.24, 2.45) is 0 Å². The van der Waals surface area contributed by atoms with E-state index < -0.39 is 0 Å². The average Bonchev–Trinajstić information content (AvgIpc) is 3.41. The Balaban J connectivity index is 1.42. The molecule has 0 saturated carbocycles. The van der Waals surface area contributed by atoms with Gasteiger partial charge in [0.15, 0.2) is 0 Å². The molecule has 36 heavy (non-hydrogen) atoms. The number of amides is 1. The summed E-state index contributed by atoms with van der Waals surface area (Å²) in [6, 6.07) is 20.9. The van der Waals surface area contributed by atoms with Crippen LogP contribution < -0.4 is 9.64 Å². The van der Waals surface area contributed by atoms with Gasteiger partial charge in [0.05, 0.1) is 17.6 Å². The largest absolute Gasteiger partial charge is 0.491 e. The number of ether oxygens (including phenoxy) is 1. The summed E-state index contributed by atoms with van der Waals surface area (Å²) in [6.45, 7) is 12.5. The van der Waals surface area contributed by atoms with Gasteiger partial charge in [-0.15, -0.1) is 0 Å². The van der Waals surface area contributed by atoms with Gasteiger partial charge in [0.1, 0.15) is 18.2 Å². The van der Waals surface area contributed by atoms with Crippen molar-refractivity contribution in [1.29, 1.82) is 0 Å². The molecule has 4 aromatic rings. The lowest BCUT2D eigenvalue weighted by Gasteiger charge is -2.20. The van der Waals surface area contributed by atoms with E-state index in [0.717, 1.165) is 39.4 Å². The van der Waals surface area contributed by atoms with Gasteiger partial charge >= 0.3 is 0 Å². The van der Waals surface area contributed by atoms with Crippen LogP contribution in [0.4, 0.5) is 5.69 Å². The summed E-state index contributed by atoms with van der Waals surface area (Å²) in [7, 11) is 0. The second kappa shape index (κ2) is 9.81. The SMILES string of the molecule is Cc1ccc(C(C)C)c(OCCn2c(C3CC(=O)N(c4cc(C)ccc4C)C3)nc3ccccc32)c1. The van der Waals surface area contributed by atoms with Crippen LogP contribution in [0.3, 0.4) is 0 Å². The van der Waals surface area contributed by atoms with Crippen molar-refractivity contribution < 1.29 is 9.53 Å². The summed E-state index contributed by atoms with van der Waals surface area (Å²) >= 11 is 0. The van der Waals surface area contributed by atoms with Crippen LogP contribution in [0.5, 0.6) is 5.75 Å². The molecule has 1 aliphatic rings. The highest BCUT2D eigenvalue weighted by Crippen LogP contribution is 2.35. The summed E-state index contributed by atoms with van der Waals surface area (Å²) < 4.78 is 8.59. The summed E-state index contributed by atoms with van der Waals surface area (Å²) in [4.78, 5) is 20.1. The summed E-state index contributed by atoms with van der Waals surface area (Å²) in [5.41, 5.74) is 7.75. The molecule has 3 aromatic carbocycles. The zero-order valence-corrected chi connectivity index (χ0v) is 21.9. The Morgan fingerprint density at radius 2 is 1.75 bits per heavy atom. The monoisotopic (exact) mass is 481 g/mol. The fraction of sp³-hybridized carbons (Fsp3) is 0.355. The number of benzene rings is 3. The minimum Gasteiger partial charge on any atom is -0.491 e. The topological polar surface area (TPSA) is 47.4 Å². The molecule has 0 spiro atoms. The van der Waals surface area contributed by atoms with Gasteiger partial charge in [0.2, 0.25) is 5.91 Å². The molecule has 2 heterocycles. The maximum atomic E-state index is 13.1. The van der Waals surface area contributed by atoms with Crippen LogP contribution in [0.1, 0.15) is 60.2 Å². The molecular weight excluding hydrogens is 446 g/mol. The zero-order valence-electron chi connectivity index (χ0n) is 21.9. The number of nitrogens with zero attached hydrogens (tertiary/aromatic N) is 3. The highest BCUT2D eigenvalue weighted by Gasteiger charge is 2.35. The number of hydrogen-bond donors (Lipinski definition) is 0. The number of para-hydroxylation sites is 2. The van der Waals surface area contributed by atoms with Crippen LogP contribution >= 0.6 is 0 Å². The quantitative estimate of drug-likeness (QED) is 0.296. The third kappa shape index (κ3) is 4.62. The van der Waals surface area contributed by atoms with Crippen LogP contribution in [-0.2, 0) is 11.3 Å². The molecule has 0 bridgehead atoms. The number of fused-ring (bicyclic) bond motifs is 1. The van der Waals surface area contributed by atoms with E-state index in [1.54, 1.807) is 0 Å². The van der Waals surface area contributed by atoms with Crippen molar-refractivity contribution >= 4 is 22.6 Å². The van der Waals surface area contributed by atoms with Crippen molar-refractivity contribution in [2.45, 2.75) is 59.4 Å². The molecule has 0 radical (unpaired) electrons. The third-order valence-corrected chi connectivity index (χ3v) is 7.19. The van der Waals surface area contributed by atoms with Gasteiger partial charge in [0.25, 0.3) is 0 Å². The first-order valence-corrected chi connectivity index (χ1v) is 12.9. The van der Waals surface area contributed by atoms with Gasteiger partial charge in [-0.1, -0.05) is 50.2 Å². The van der Waals surface area contributed by atoms with Crippen LogP contribution in [0, 0.1) is 20.8 Å². The Bertz CT molecular complexity index is 1420. The Morgan fingerprint density at radius 1 is 1.00 bits per heavy atom. The lowest BCUT2D eigenvalue weighted by atomic mass is 10.0. The average molecular weight is 482 g/mol. The second-order valence-electron chi connectivity index (χ2n) is 10.4. The lowest BCUT2D eigenvalue weighted by Crippen LogP contribution is -2.25. The third-order valence-electron chi connectivity index (χ3n) is 7.19. The predicted octanol–water partition coefficient (Wildman–Crippen LogP) is 6.68. The molecule has 5 nitrogen and oxygen atoms in total. The van der Waals surface area contributed by atoms with Crippen molar-refractivity contribution in [3.8, 4) is 5.75 Å². The van der Waals surface area contributed by atoms with Crippen molar-refractivity contribution in [1.82, 2.24) is 9.55 Å². The van der Waals surface area contributed by atoms with E-state index in [-0.39, 0.29) is 11.8 Å². The van der Waals surface area contributed by atoms with Gasteiger partial charge in [-0.25, -0.2) is 4.98 Å². The van der Waals surface area contributed by atoms with Crippen molar-refractivity contribution in [3.05, 3.63) is 88.7 Å². The molecule has 186 valence electrons. The second-order valence-corrected chi connectivity index (χ2v) is 10.4. The first-order chi connectivity index (χ1) is 17.3. The summed E-state index contributed by atoms with van der Waals surface area (Å²) in [5, 5.41) is 0. The Kier molecular flexibility index (Phi) is 6.57. The number of imidazole rings is 1. The van der Waals surface area contributed by atoms with Crippen LogP contribution in [0.15, 0.2) is 60.7 Å². The van der Waals surface area contributed by atoms with Gasteiger partial charge in [-0.2, -0.15) is 0 Å². The first kappa shape index (κ1) is 24.1. The number of rotatable bonds is 7. The highest BCUT2D eigenvalue weighted by molar-refractivity contribution is 5.97. The van der Waals surface area contributed by atoms with Crippen molar-refractivity contribution in [3.63, 3.8) is 0 Å². The molecule has 1 aliphatic heterocycles. The van der Waals surface area contributed by atoms with E-state index in [9.17, 15) is 4.79 Å². The fourth-order valence-electron chi connectivity index (χ4n) is 5.25. The van der Waals surface area contributed by atoms with Crippen molar-refractivity contribution in [2.75, 3.05) is 18.1 Å². The Morgan fingerprint density at radius 3 is 2.56 bits per heavy atom. The minimum absolute atomic E-state index is 0.0370. The van der Waals surface area contributed by atoms with E-state index in [4.69, 9.17) is 9.72 Å². The molecule has 0 aliphatic carbocycles. The normalized spacial score (nSPS) is 15.9. The molecule has 1 aromatic heterocycles. The molecule has 5 rings (SSSR count). The molecule has 1 atom stereocenters. The minimum atomic E-state index is 0.0370. The van der Waals surface area contributed by atoms with E-state index >= 15 is 0 Å². The van der Waals surface area contributed by atoms with Gasteiger partial charge in [0, 0.05) is 24.6 Å². The van der Waals surface area contributed by atoms with Gasteiger partial charge in [-0.05, 0) is 73.2 Å². The van der Waals surface area contributed by atoms with E-state index in [1.165, 1.54) is 11.1 Å². The molecule has 1 amide bonds. The fourth-order valence-corrected chi connectivity index (χ4v) is 5.25. The molecular formula is C31H35N3O2. The smallest absolute Gasteiger partial charge is 0.227 e. The number of aryl methyl sites for hydroxylation is 3.